The van der Waals surface area contributed by atoms with E-state index in [1.807, 2.05) is 36.7 Å². The van der Waals surface area contributed by atoms with Gasteiger partial charge < -0.3 is 20.1 Å². The van der Waals surface area contributed by atoms with E-state index in [2.05, 4.69) is 28.7 Å². The molecule has 7 heteroatoms. The van der Waals surface area contributed by atoms with Gasteiger partial charge in [0.2, 0.25) is 5.91 Å². The van der Waals surface area contributed by atoms with Crippen LogP contribution >= 0.6 is 0 Å². The third kappa shape index (κ3) is 6.92. The van der Waals surface area contributed by atoms with E-state index < -0.39 is 0 Å². The SMILES string of the molecule is COC(C)(C)CCCCCOc1ccc(-c2ncc(N3CCC(C(N)=O)CC3)cn2)cc1. The molecule has 1 aromatic heterocycles. The summed E-state index contributed by atoms with van der Waals surface area (Å²) < 4.78 is 11.3. The van der Waals surface area contributed by atoms with Gasteiger partial charge in [0.25, 0.3) is 0 Å². The number of amides is 1. The Morgan fingerprint density at radius 1 is 1.09 bits per heavy atom. The summed E-state index contributed by atoms with van der Waals surface area (Å²) in [6.45, 7) is 6.55. The predicted molar refractivity (Wildman–Crippen MR) is 127 cm³/mol. The summed E-state index contributed by atoms with van der Waals surface area (Å²) >= 11 is 0. The lowest BCUT2D eigenvalue weighted by atomic mass is 9.96. The third-order valence-electron chi connectivity index (χ3n) is 6.26. The van der Waals surface area contributed by atoms with Gasteiger partial charge in [-0.3, -0.25) is 4.79 Å². The van der Waals surface area contributed by atoms with Crippen LogP contribution in [-0.4, -0.2) is 48.3 Å². The zero-order valence-corrected chi connectivity index (χ0v) is 19.5. The van der Waals surface area contributed by atoms with Crippen molar-refractivity contribution in [2.45, 2.75) is 58.0 Å². The highest BCUT2D eigenvalue weighted by Crippen LogP contribution is 2.24. The average molecular weight is 441 g/mol. The van der Waals surface area contributed by atoms with Gasteiger partial charge in [-0.25, -0.2) is 9.97 Å². The van der Waals surface area contributed by atoms with Crippen molar-refractivity contribution in [3.05, 3.63) is 36.7 Å². The monoisotopic (exact) mass is 440 g/mol. The number of unbranched alkanes of at least 4 members (excludes halogenated alkanes) is 2. The highest BCUT2D eigenvalue weighted by molar-refractivity contribution is 5.77. The summed E-state index contributed by atoms with van der Waals surface area (Å²) in [6, 6.07) is 7.91. The van der Waals surface area contributed by atoms with Gasteiger partial charge in [0.1, 0.15) is 5.75 Å². The smallest absolute Gasteiger partial charge is 0.220 e. The minimum absolute atomic E-state index is 0.0185. The summed E-state index contributed by atoms with van der Waals surface area (Å²) in [6.07, 6.45) is 9.62. The Kier molecular flexibility index (Phi) is 8.45. The number of rotatable bonds is 11. The molecule has 2 N–H and O–H groups in total. The predicted octanol–water partition coefficient (Wildman–Crippen LogP) is 4.21. The number of nitrogens with two attached hydrogens (primary N) is 1. The van der Waals surface area contributed by atoms with Crippen LogP contribution in [0, 0.1) is 5.92 Å². The number of piperidine rings is 1. The van der Waals surface area contributed by atoms with Crippen molar-refractivity contribution in [3.8, 4) is 17.1 Å². The maximum Gasteiger partial charge on any atom is 0.220 e. The molecule has 1 aliphatic rings. The van der Waals surface area contributed by atoms with Crippen LogP contribution in [0.2, 0.25) is 0 Å². The largest absolute Gasteiger partial charge is 0.494 e. The van der Waals surface area contributed by atoms with Gasteiger partial charge in [-0.1, -0.05) is 6.42 Å². The third-order valence-corrected chi connectivity index (χ3v) is 6.26. The summed E-state index contributed by atoms with van der Waals surface area (Å²) in [5, 5.41) is 0. The van der Waals surface area contributed by atoms with Crippen molar-refractivity contribution < 1.29 is 14.3 Å². The molecule has 32 heavy (non-hydrogen) atoms. The Morgan fingerprint density at radius 3 is 2.34 bits per heavy atom. The van der Waals surface area contributed by atoms with Crippen molar-refractivity contribution in [2.75, 3.05) is 31.7 Å². The Balaban J connectivity index is 1.43. The van der Waals surface area contributed by atoms with Gasteiger partial charge in [-0.2, -0.15) is 0 Å². The summed E-state index contributed by atoms with van der Waals surface area (Å²) in [4.78, 5) is 22.6. The molecule has 3 rings (SSSR count). The van der Waals surface area contributed by atoms with Crippen LogP contribution in [0.15, 0.2) is 36.7 Å². The Bertz CT molecular complexity index is 844. The molecule has 0 bridgehead atoms. The molecule has 1 saturated heterocycles. The van der Waals surface area contributed by atoms with Crippen molar-refractivity contribution >= 4 is 11.6 Å². The minimum Gasteiger partial charge on any atom is -0.494 e. The number of anilines is 1. The van der Waals surface area contributed by atoms with Crippen LogP contribution in [-0.2, 0) is 9.53 Å². The van der Waals surface area contributed by atoms with Crippen LogP contribution in [0.25, 0.3) is 11.4 Å². The van der Waals surface area contributed by atoms with Gasteiger partial charge in [-0.15, -0.1) is 0 Å². The Hall–Kier alpha value is -2.67. The number of hydrogen-bond acceptors (Lipinski definition) is 6. The van der Waals surface area contributed by atoms with Gasteiger partial charge in [-0.05, 0) is 70.2 Å². The van der Waals surface area contributed by atoms with Crippen LogP contribution < -0.4 is 15.4 Å². The number of carbonyl (C=O) groups is 1. The quantitative estimate of drug-likeness (QED) is 0.527. The molecular weight excluding hydrogens is 404 g/mol. The average Bonchev–Trinajstić information content (AvgIpc) is 2.82. The van der Waals surface area contributed by atoms with E-state index in [0.29, 0.717) is 12.4 Å². The molecular formula is C25H36N4O3. The highest BCUT2D eigenvalue weighted by Gasteiger charge is 2.23. The number of ether oxygens (including phenoxy) is 2. The lowest BCUT2D eigenvalue weighted by Gasteiger charge is -2.31. The minimum atomic E-state index is -0.199. The number of methoxy groups -OCH3 is 1. The van der Waals surface area contributed by atoms with E-state index in [1.54, 1.807) is 7.11 Å². The molecule has 7 nitrogen and oxygen atoms in total. The zero-order chi connectivity index (χ0) is 23.0. The molecule has 2 aromatic rings. The number of carbonyl (C=O) groups excluding carboxylic acids is 1. The standard InChI is InChI=1S/C25H36N4O3/c1-25(2,31-3)13-5-4-6-16-32-22-9-7-20(8-10-22)24-27-17-21(18-28-24)29-14-11-19(12-15-29)23(26)30/h7-10,17-19H,4-6,11-16H2,1-3H3,(H2,26,30). The molecule has 1 aliphatic heterocycles. The number of benzene rings is 1. The number of primary amides is 1. The molecule has 1 fully saturated rings. The summed E-state index contributed by atoms with van der Waals surface area (Å²) in [7, 11) is 1.77. The van der Waals surface area contributed by atoms with Crippen LogP contribution in [0.5, 0.6) is 5.75 Å². The van der Waals surface area contributed by atoms with Crippen molar-refractivity contribution in [1.82, 2.24) is 9.97 Å². The molecule has 0 spiro atoms. The normalized spacial score (nSPS) is 15.0. The van der Waals surface area contributed by atoms with Crippen molar-refractivity contribution in [2.24, 2.45) is 11.7 Å². The van der Waals surface area contributed by atoms with Crippen LogP contribution in [0.3, 0.4) is 0 Å². The molecule has 174 valence electrons. The first kappa shape index (κ1) is 24.0. The zero-order valence-electron chi connectivity index (χ0n) is 19.5. The van der Waals surface area contributed by atoms with E-state index in [9.17, 15) is 4.79 Å². The lowest BCUT2D eigenvalue weighted by Crippen LogP contribution is -2.38. The molecule has 0 radical (unpaired) electrons. The molecule has 2 heterocycles. The number of aromatic nitrogens is 2. The first-order chi connectivity index (χ1) is 15.4. The first-order valence-corrected chi connectivity index (χ1v) is 11.5. The van der Waals surface area contributed by atoms with Gasteiger partial charge in [0.05, 0.1) is 30.3 Å². The summed E-state index contributed by atoms with van der Waals surface area (Å²) in [5.41, 5.74) is 7.31. The van der Waals surface area contributed by atoms with E-state index in [-0.39, 0.29) is 17.4 Å². The summed E-state index contributed by atoms with van der Waals surface area (Å²) in [5.74, 6) is 1.33. The topological polar surface area (TPSA) is 90.6 Å². The molecule has 0 saturated carbocycles. The second-order valence-electron chi connectivity index (χ2n) is 9.08. The second kappa shape index (κ2) is 11.3. The van der Waals surface area contributed by atoms with E-state index in [1.165, 1.54) is 0 Å². The fraction of sp³-hybridized carbons (Fsp3) is 0.560. The van der Waals surface area contributed by atoms with E-state index in [4.69, 9.17) is 15.2 Å². The van der Waals surface area contributed by atoms with E-state index >= 15 is 0 Å². The van der Waals surface area contributed by atoms with Crippen LogP contribution in [0.1, 0.15) is 52.4 Å². The van der Waals surface area contributed by atoms with Gasteiger partial charge >= 0.3 is 0 Å². The molecule has 1 aromatic carbocycles. The maximum absolute atomic E-state index is 11.3. The molecule has 0 unspecified atom stereocenters. The Labute approximate surface area is 191 Å². The number of nitrogens with zero attached hydrogens (tertiary/aromatic N) is 3. The maximum atomic E-state index is 11.3. The van der Waals surface area contributed by atoms with E-state index in [0.717, 1.165) is 68.6 Å². The first-order valence-electron chi connectivity index (χ1n) is 11.5. The van der Waals surface area contributed by atoms with Crippen molar-refractivity contribution in [1.29, 1.82) is 0 Å². The van der Waals surface area contributed by atoms with Crippen LogP contribution in [0.4, 0.5) is 5.69 Å². The molecule has 0 aliphatic carbocycles. The Morgan fingerprint density at radius 2 is 1.75 bits per heavy atom. The number of hydrogen-bond donors (Lipinski definition) is 1. The molecule has 1 amide bonds. The fourth-order valence-electron chi connectivity index (χ4n) is 3.88. The second-order valence-corrected chi connectivity index (χ2v) is 9.08. The fourth-order valence-corrected chi connectivity index (χ4v) is 3.88. The highest BCUT2D eigenvalue weighted by atomic mass is 16.5. The van der Waals surface area contributed by atoms with Gasteiger partial charge in [0, 0.05) is 31.7 Å². The van der Waals surface area contributed by atoms with Crippen molar-refractivity contribution in [3.63, 3.8) is 0 Å². The molecule has 0 atom stereocenters. The van der Waals surface area contributed by atoms with Gasteiger partial charge in [0.15, 0.2) is 5.82 Å². The lowest BCUT2D eigenvalue weighted by molar-refractivity contribution is -0.122.